The van der Waals surface area contributed by atoms with Crippen molar-refractivity contribution in [3.63, 3.8) is 0 Å². The van der Waals surface area contributed by atoms with E-state index in [0.717, 1.165) is 22.9 Å². The number of ether oxygens (including phenoxy) is 1. The lowest BCUT2D eigenvalue weighted by atomic mass is 9.83. The van der Waals surface area contributed by atoms with Crippen molar-refractivity contribution in [1.29, 1.82) is 5.41 Å². The van der Waals surface area contributed by atoms with Gasteiger partial charge in [-0.25, -0.2) is 0 Å². The van der Waals surface area contributed by atoms with Crippen molar-refractivity contribution in [2.45, 2.75) is 51.9 Å². The van der Waals surface area contributed by atoms with Gasteiger partial charge in [0.25, 0.3) is 0 Å². The van der Waals surface area contributed by atoms with E-state index in [4.69, 9.17) is 21.7 Å². The lowest BCUT2D eigenvalue weighted by Gasteiger charge is -2.24. The Balaban J connectivity index is 0.00000441. The van der Waals surface area contributed by atoms with E-state index in [0.29, 0.717) is 18.4 Å². The van der Waals surface area contributed by atoms with Gasteiger partial charge >= 0.3 is 0 Å². The van der Waals surface area contributed by atoms with Crippen LogP contribution >= 0.6 is 39.9 Å². The standard InChI is InChI=1S/C17H25BrClNO.ClH/c1-5-21-16(20)13(7-6-10-19)14-11-12(17(2,3)4)8-9-15(14)18;/h8-9,11,13,20H,5-7,10H2,1-4H3;1H. The molecule has 0 amide bonds. The number of nitrogens with one attached hydrogen (secondary N) is 1. The van der Waals surface area contributed by atoms with Gasteiger partial charge in [0.1, 0.15) is 0 Å². The Hall–Kier alpha value is -0.250. The predicted octanol–water partition coefficient (Wildman–Crippen LogP) is 6.28. The predicted molar refractivity (Wildman–Crippen MR) is 102 cm³/mol. The van der Waals surface area contributed by atoms with Gasteiger partial charge in [0.05, 0.1) is 12.5 Å². The zero-order chi connectivity index (χ0) is 16.0. The fraction of sp³-hybridized carbons (Fsp3) is 0.588. The van der Waals surface area contributed by atoms with Crippen molar-refractivity contribution in [2.75, 3.05) is 12.5 Å². The van der Waals surface area contributed by atoms with Gasteiger partial charge in [-0.05, 0) is 42.4 Å². The van der Waals surface area contributed by atoms with Gasteiger partial charge in [-0.3, -0.25) is 5.41 Å². The molecule has 1 aromatic rings. The van der Waals surface area contributed by atoms with Crippen molar-refractivity contribution in [3.05, 3.63) is 33.8 Å². The maximum Gasteiger partial charge on any atom is 0.188 e. The molecule has 1 N–H and O–H groups in total. The summed E-state index contributed by atoms with van der Waals surface area (Å²) in [6, 6.07) is 6.40. The highest BCUT2D eigenvalue weighted by atomic mass is 79.9. The summed E-state index contributed by atoms with van der Waals surface area (Å²) in [5.41, 5.74) is 2.46. The first-order valence-corrected chi connectivity index (χ1v) is 8.71. The molecule has 0 aliphatic carbocycles. The van der Waals surface area contributed by atoms with Crippen molar-refractivity contribution in [3.8, 4) is 0 Å². The summed E-state index contributed by atoms with van der Waals surface area (Å²) >= 11 is 9.46. The largest absolute Gasteiger partial charge is 0.481 e. The molecule has 0 heterocycles. The van der Waals surface area contributed by atoms with Crippen LogP contribution in [0.15, 0.2) is 22.7 Å². The van der Waals surface area contributed by atoms with Crippen LogP contribution in [0.2, 0.25) is 0 Å². The summed E-state index contributed by atoms with van der Waals surface area (Å²) in [5.74, 6) is 0.890. The molecule has 0 radical (unpaired) electrons. The summed E-state index contributed by atoms with van der Waals surface area (Å²) in [4.78, 5) is 0. The number of halogens is 3. The zero-order valence-corrected chi connectivity index (χ0v) is 16.9. The minimum atomic E-state index is -0.0413. The average molecular weight is 411 g/mol. The maximum absolute atomic E-state index is 8.20. The minimum absolute atomic E-state index is 0. The van der Waals surface area contributed by atoms with Crippen LogP contribution in [0.25, 0.3) is 0 Å². The lowest BCUT2D eigenvalue weighted by Crippen LogP contribution is -2.18. The van der Waals surface area contributed by atoms with Crippen molar-refractivity contribution in [1.82, 2.24) is 0 Å². The monoisotopic (exact) mass is 409 g/mol. The molecule has 22 heavy (non-hydrogen) atoms. The molecule has 0 aliphatic heterocycles. The third-order valence-electron chi connectivity index (χ3n) is 3.48. The van der Waals surface area contributed by atoms with E-state index in [2.05, 4.69) is 54.9 Å². The molecule has 0 fully saturated rings. The highest BCUT2D eigenvalue weighted by molar-refractivity contribution is 9.10. The summed E-state index contributed by atoms with van der Waals surface area (Å²) in [6.07, 6.45) is 1.70. The number of hydrogen-bond donors (Lipinski definition) is 1. The quantitative estimate of drug-likeness (QED) is 0.333. The van der Waals surface area contributed by atoms with Crippen LogP contribution in [-0.2, 0) is 10.2 Å². The molecule has 0 bridgehead atoms. The Kier molecular flexibility index (Phi) is 9.68. The van der Waals surface area contributed by atoms with Crippen LogP contribution < -0.4 is 0 Å². The number of alkyl halides is 1. The van der Waals surface area contributed by atoms with Crippen molar-refractivity contribution in [2.24, 2.45) is 0 Å². The molecule has 1 atom stereocenters. The van der Waals surface area contributed by atoms with Gasteiger partial charge < -0.3 is 4.74 Å². The molecule has 126 valence electrons. The SMILES string of the molecule is CCOC(=N)C(CCCCl)c1cc(C(C)(C)C)ccc1Br.Cl. The Morgan fingerprint density at radius 2 is 2.00 bits per heavy atom. The molecule has 1 rings (SSSR count). The van der Waals surface area contributed by atoms with E-state index in [1.54, 1.807) is 0 Å². The van der Waals surface area contributed by atoms with Crippen molar-refractivity contribution < 1.29 is 4.74 Å². The summed E-state index contributed by atoms with van der Waals surface area (Å²) in [6.45, 7) is 9.02. The molecule has 1 aromatic carbocycles. The van der Waals surface area contributed by atoms with E-state index in [1.165, 1.54) is 5.56 Å². The van der Waals surface area contributed by atoms with Gasteiger partial charge in [0.2, 0.25) is 0 Å². The highest BCUT2D eigenvalue weighted by Gasteiger charge is 2.23. The number of benzene rings is 1. The Bertz CT molecular complexity index is 486. The Morgan fingerprint density at radius 1 is 1.36 bits per heavy atom. The van der Waals surface area contributed by atoms with Crippen LogP contribution in [0.5, 0.6) is 0 Å². The van der Waals surface area contributed by atoms with Crippen LogP contribution in [-0.4, -0.2) is 18.4 Å². The lowest BCUT2D eigenvalue weighted by molar-refractivity contribution is 0.305. The van der Waals surface area contributed by atoms with Crippen LogP contribution in [0.4, 0.5) is 0 Å². The number of hydrogen-bond acceptors (Lipinski definition) is 2. The van der Waals surface area contributed by atoms with Gasteiger partial charge in [-0.15, -0.1) is 24.0 Å². The molecule has 5 heteroatoms. The smallest absolute Gasteiger partial charge is 0.188 e. The second-order valence-electron chi connectivity index (χ2n) is 6.17. The molecule has 0 spiro atoms. The van der Waals surface area contributed by atoms with Gasteiger partial charge in [-0.2, -0.15) is 0 Å². The summed E-state index contributed by atoms with van der Waals surface area (Å²) < 4.78 is 6.48. The molecular formula is C17H26BrCl2NO. The first kappa shape index (κ1) is 21.8. The molecule has 0 aromatic heterocycles. The van der Waals surface area contributed by atoms with Gasteiger partial charge in [-0.1, -0.05) is 48.8 Å². The van der Waals surface area contributed by atoms with Crippen LogP contribution in [0, 0.1) is 5.41 Å². The molecule has 0 aliphatic rings. The first-order valence-electron chi connectivity index (χ1n) is 7.38. The second kappa shape index (κ2) is 9.79. The fourth-order valence-corrected chi connectivity index (χ4v) is 2.92. The average Bonchev–Trinajstić information content (AvgIpc) is 2.40. The minimum Gasteiger partial charge on any atom is -0.481 e. The van der Waals surface area contributed by atoms with E-state index in [-0.39, 0.29) is 23.7 Å². The number of rotatable bonds is 6. The topological polar surface area (TPSA) is 33.1 Å². The maximum atomic E-state index is 8.20. The third-order valence-corrected chi connectivity index (χ3v) is 4.47. The van der Waals surface area contributed by atoms with Gasteiger partial charge in [0.15, 0.2) is 5.90 Å². The van der Waals surface area contributed by atoms with E-state index >= 15 is 0 Å². The normalized spacial score (nSPS) is 12.5. The third kappa shape index (κ3) is 6.10. The zero-order valence-electron chi connectivity index (χ0n) is 13.7. The first-order chi connectivity index (χ1) is 9.81. The Labute approximate surface area is 154 Å². The summed E-state index contributed by atoms with van der Waals surface area (Å²) in [5, 5.41) is 8.20. The van der Waals surface area contributed by atoms with Crippen LogP contribution in [0.1, 0.15) is 57.6 Å². The van der Waals surface area contributed by atoms with E-state index < -0.39 is 0 Å². The highest BCUT2D eigenvalue weighted by Crippen LogP contribution is 2.34. The fourth-order valence-electron chi connectivity index (χ4n) is 2.24. The molecule has 2 nitrogen and oxygen atoms in total. The second-order valence-corrected chi connectivity index (χ2v) is 7.40. The Morgan fingerprint density at radius 3 is 2.50 bits per heavy atom. The molecular weight excluding hydrogens is 385 g/mol. The molecule has 1 unspecified atom stereocenters. The van der Waals surface area contributed by atoms with Crippen molar-refractivity contribution >= 4 is 45.8 Å². The molecule has 0 saturated heterocycles. The van der Waals surface area contributed by atoms with Gasteiger partial charge in [0, 0.05) is 10.4 Å². The van der Waals surface area contributed by atoms with E-state index in [9.17, 15) is 0 Å². The van der Waals surface area contributed by atoms with Crippen LogP contribution in [0.3, 0.4) is 0 Å². The van der Waals surface area contributed by atoms with E-state index in [1.807, 2.05) is 6.92 Å². The summed E-state index contributed by atoms with van der Waals surface area (Å²) in [7, 11) is 0. The molecule has 0 saturated carbocycles.